The molecule has 1 amide bonds. The average Bonchev–Trinajstić information content (AvgIpc) is 2.98. The molecule has 0 unspecified atom stereocenters. The molecule has 0 spiro atoms. The number of tetrazole rings is 1. The van der Waals surface area contributed by atoms with E-state index in [4.69, 9.17) is 0 Å². The number of carbonyl (C=O) groups is 1. The maximum Gasteiger partial charge on any atom is 0.248 e. The number of benzene rings is 2. The Kier molecular flexibility index (Phi) is 4.42. The Balaban J connectivity index is 1.66. The number of nitrogens with one attached hydrogen (secondary N) is 1. The molecule has 6 nitrogen and oxygen atoms in total. The summed E-state index contributed by atoms with van der Waals surface area (Å²) in [6, 6.07) is 13.1. The highest BCUT2D eigenvalue weighted by atomic mass is 79.9. The number of aromatic nitrogens is 4. The number of anilines is 1. The molecule has 1 aromatic heterocycles. The summed E-state index contributed by atoms with van der Waals surface area (Å²) >= 11 is 3.32. The summed E-state index contributed by atoms with van der Waals surface area (Å²) in [6.45, 7) is -0.0849. The summed E-state index contributed by atoms with van der Waals surface area (Å²) in [5.74, 6) is -0.400. The highest BCUT2D eigenvalue weighted by Crippen LogP contribution is 2.15. The first-order valence-corrected chi connectivity index (χ1v) is 7.48. The van der Waals surface area contributed by atoms with E-state index in [-0.39, 0.29) is 24.1 Å². The largest absolute Gasteiger partial charge is 0.324 e. The number of hydrogen-bond donors (Lipinski definition) is 1. The van der Waals surface area contributed by atoms with Crippen LogP contribution in [0.5, 0.6) is 0 Å². The molecule has 1 N–H and O–H groups in total. The van der Waals surface area contributed by atoms with Crippen molar-refractivity contribution in [2.24, 2.45) is 0 Å². The zero-order valence-electron chi connectivity index (χ0n) is 11.8. The lowest BCUT2D eigenvalue weighted by Gasteiger charge is -2.04. The molecule has 116 valence electrons. The molecule has 1 heterocycles. The molecule has 3 aromatic rings. The summed E-state index contributed by atoms with van der Waals surface area (Å²) in [5.41, 5.74) is 1.17. The van der Waals surface area contributed by atoms with E-state index in [1.165, 1.54) is 12.1 Å². The third kappa shape index (κ3) is 3.98. The number of hydrogen-bond acceptors (Lipinski definition) is 4. The van der Waals surface area contributed by atoms with E-state index in [0.29, 0.717) is 11.3 Å². The van der Waals surface area contributed by atoms with Crippen molar-refractivity contribution in [2.75, 3.05) is 5.32 Å². The molecule has 0 bridgehead atoms. The molecule has 8 heteroatoms. The topological polar surface area (TPSA) is 72.7 Å². The monoisotopic (exact) mass is 375 g/mol. The van der Waals surface area contributed by atoms with Gasteiger partial charge in [-0.1, -0.05) is 28.1 Å². The van der Waals surface area contributed by atoms with Gasteiger partial charge in [0.15, 0.2) is 0 Å². The van der Waals surface area contributed by atoms with Crippen molar-refractivity contribution in [1.29, 1.82) is 0 Å². The summed E-state index contributed by atoms with van der Waals surface area (Å²) in [4.78, 5) is 13.1. The van der Waals surface area contributed by atoms with Gasteiger partial charge in [-0.15, -0.1) is 10.2 Å². The van der Waals surface area contributed by atoms with Crippen LogP contribution in [0.3, 0.4) is 0 Å². The highest BCUT2D eigenvalue weighted by molar-refractivity contribution is 9.10. The lowest BCUT2D eigenvalue weighted by molar-refractivity contribution is -0.117. The first-order valence-electron chi connectivity index (χ1n) is 6.69. The Morgan fingerprint density at radius 2 is 2.00 bits per heavy atom. The summed E-state index contributed by atoms with van der Waals surface area (Å²) < 4.78 is 14.1. The summed E-state index contributed by atoms with van der Waals surface area (Å²) in [6.07, 6.45) is 0. The van der Waals surface area contributed by atoms with Gasteiger partial charge in [0.1, 0.15) is 12.4 Å². The quantitative estimate of drug-likeness (QED) is 0.760. The van der Waals surface area contributed by atoms with Crippen molar-refractivity contribution in [3.63, 3.8) is 0 Å². The zero-order chi connectivity index (χ0) is 16.2. The molecular weight excluding hydrogens is 365 g/mol. The third-order valence-electron chi connectivity index (χ3n) is 2.95. The van der Waals surface area contributed by atoms with Gasteiger partial charge in [-0.25, -0.2) is 4.39 Å². The van der Waals surface area contributed by atoms with Gasteiger partial charge in [-0.05, 0) is 41.6 Å². The molecule has 0 saturated heterocycles. The fourth-order valence-corrected chi connectivity index (χ4v) is 2.18. The van der Waals surface area contributed by atoms with E-state index in [9.17, 15) is 9.18 Å². The lowest BCUT2D eigenvalue weighted by atomic mass is 10.2. The van der Waals surface area contributed by atoms with Crippen LogP contribution in [-0.4, -0.2) is 26.1 Å². The van der Waals surface area contributed by atoms with E-state index in [2.05, 4.69) is 36.7 Å². The maximum atomic E-state index is 13.2. The van der Waals surface area contributed by atoms with Crippen LogP contribution in [0.1, 0.15) is 0 Å². The average molecular weight is 376 g/mol. The smallest absolute Gasteiger partial charge is 0.248 e. The van der Waals surface area contributed by atoms with Gasteiger partial charge in [0.25, 0.3) is 0 Å². The van der Waals surface area contributed by atoms with Crippen LogP contribution in [0.4, 0.5) is 10.1 Å². The Labute approximate surface area is 139 Å². The summed E-state index contributed by atoms with van der Waals surface area (Å²) in [7, 11) is 0. The van der Waals surface area contributed by atoms with Gasteiger partial charge in [-0.2, -0.15) is 4.80 Å². The van der Waals surface area contributed by atoms with Gasteiger partial charge < -0.3 is 5.32 Å². The molecule has 0 fully saturated rings. The van der Waals surface area contributed by atoms with Crippen molar-refractivity contribution in [1.82, 2.24) is 20.2 Å². The van der Waals surface area contributed by atoms with E-state index in [0.717, 1.165) is 9.27 Å². The van der Waals surface area contributed by atoms with Crippen LogP contribution >= 0.6 is 15.9 Å². The minimum atomic E-state index is -0.383. The van der Waals surface area contributed by atoms with Gasteiger partial charge in [0.05, 0.1) is 0 Å². The number of carbonyl (C=O) groups excluding carboxylic acids is 1. The minimum Gasteiger partial charge on any atom is -0.324 e. The van der Waals surface area contributed by atoms with Gasteiger partial charge in [0.2, 0.25) is 11.7 Å². The standard InChI is InChI=1S/C15H11BrFN5O/c16-11-4-6-13(7-5-11)18-14(23)9-22-20-15(19-21-22)10-2-1-3-12(17)8-10/h1-8H,9H2,(H,18,23). The van der Waals surface area contributed by atoms with Crippen molar-refractivity contribution in [3.05, 3.63) is 58.8 Å². The SMILES string of the molecule is O=C(Cn1nnc(-c2cccc(F)c2)n1)Nc1ccc(Br)cc1. The van der Waals surface area contributed by atoms with Crippen LogP contribution in [0, 0.1) is 5.82 Å². The van der Waals surface area contributed by atoms with Crippen LogP contribution in [0.15, 0.2) is 53.0 Å². The van der Waals surface area contributed by atoms with Crippen molar-refractivity contribution >= 4 is 27.5 Å². The van der Waals surface area contributed by atoms with Gasteiger partial charge in [-0.3, -0.25) is 4.79 Å². The fraction of sp³-hybridized carbons (Fsp3) is 0.0667. The van der Waals surface area contributed by atoms with E-state index in [1.54, 1.807) is 24.3 Å². The molecule has 0 radical (unpaired) electrons. The predicted molar refractivity (Wildman–Crippen MR) is 86.0 cm³/mol. The predicted octanol–water partition coefficient (Wildman–Crippen LogP) is 2.88. The Morgan fingerprint density at radius 1 is 1.22 bits per heavy atom. The number of nitrogens with zero attached hydrogens (tertiary/aromatic N) is 4. The molecule has 3 rings (SSSR count). The number of rotatable bonds is 4. The van der Waals surface area contributed by atoms with Crippen LogP contribution < -0.4 is 5.32 Å². The molecule has 0 aliphatic rings. The molecule has 0 atom stereocenters. The minimum absolute atomic E-state index is 0.0849. The normalized spacial score (nSPS) is 10.5. The molecular formula is C15H11BrFN5O. The zero-order valence-corrected chi connectivity index (χ0v) is 13.4. The van der Waals surface area contributed by atoms with Crippen LogP contribution in [0.2, 0.25) is 0 Å². The van der Waals surface area contributed by atoms with Crippen LogP contribution in [-0.2, 0) is 11.3 Å². The lowest BCUT2D eigenvalue weighted by Crippen LogP contribution is -2.20. The number of amides is 1. The van der Waals surface area contributed by atoms with Crippen molar-refractivity contribution < 1.29 is 9.18 Å². The van der Waals surface area contributed by atoms with Crippen LogP contribution in [0.25, 0.3) is 11.4 Å². The number of halogens is 2. The second-order valence-electron chi connectivity index (χ2n) is 4.71. The van der Waals surface area contributed by atoms with Gasteiger partial charge >= 0.3 is 0 Å². The molecule has 0 aliphatic carbocycles. The first-order chi connectivity index (χ1) is 11.1. The second kappa shape index (κ2) is 6.66. The third-order valence-corrected chi connectivity index (χ3v) is 3.48. The van der Waals surface area contributed by atoms with E-state index >= 15 is 0 Å². The van der Waals surface area contributed by atoms with E-state index in [1.807, 2.05) is 12.1 Å². The molecule has 2 aromatic carbocycles. The Hall–Kier alpha value is -2.61. The van der Waals surface area contributed by atoms with Gasteiger partial charge in [0, 0.05) is 15.7 Å². The second-order valence-corrected chi connectivity index (χ2v) is 5.62. The van der Waals surface area contributed by atoms with Crippen molar-refractivity contribution in [3.8, 4) is 11.4 Å². The molecule has 23 heavy (non-hydrogen) atoms. The fourth-order valence-electron chi connectivity index (χ4n) is 1.92. The molecule has 0 saturated carbocycles. The maximum absolute atomic E-state index is 13.2. The van der Waals surface area contributed by atoms with Crippen molar-refractivity contribution in [2.45, 2.75) is 6.54 Å². The Morgan fingerprint density at radius 3 is 2.74 bits per heavy atom. The first kappa shape index (κ1) is 15.3. The molecule has 0 aliphatic heterocycles. The Bertz CT molecular complexity index is 834. The highest BCUT2D eigenvalue weighted by Gasteiger charge is 2.10. The van der Waals surface area contributed by atoms with E-state index < -0.39 is 0 Å². The summed E-state index contributed by atoms with van der Waals surface area (Å²) in [5, 5.41) is 14.4.